The zero-order chi connectivity index (χ0) is 7.44. The van der Waals surface area contributed by atoms with Crippen LogP contribution in [0.3, 0.4) is 0 Å². The van der Waals surface area contributed by atoms with Crippen LogP contribution in [0.4, 0.5) is 0 Å². The van der Waals surface area contributed by atoms with Gasteiger partial charge in [0.25, 0.3) is 6.71 Å². The lowest BCUT2D eigenvalue weighted by atomic mass is 9.37. The Labute approximate surface area is 58.1 Å². The molecule has 0 unspecified atom stereocenters. The molecule has 0 aliphatic heterocycles. The Morgan fingerprint density at radius 3 is 1.44 bits per heavy atom. The van der Waals surface area contributed by atoms with E-state index in [2.05, 4.69) is 33.7 Å². The molecule has 1 nitrogen and oxygen atoms in total. The first-order valence-electron chi connectivity index (χ1n) is 3.49. The maximum absolute atomic E-state index is 8.62. The number of hydrogen-bond acceptors (Lipinski definition) is 1. The average Bonchev–Trinajstić information content (AvgIpc) is 1.64. The normalized spacial score (nSPS) is 9.89. The Bertz CT molecular complexity index is 105. The fraction of sp³-hybridized carbons (Fsp3) is 0.857. The summed E-state index contributed by atoms with van der Waals surface area (Å²) in [6.07, 6.45) is 0. The second-order valence-corrected chi connectivity index (χ2v) is 3.14. The second kappa shape index (κ2) is 3.56. The SMILES string of the molecule is CC(C)B(C#N)C(C)C. The molecule has 0 aromatic heterocycles. The van der Waals surface area contributed by atoms with E-state index in [1.807, 2.05) is 0 Å². The Hall–Kier alpha value is -0.445. The zero-order valence-electron chi connectivity index (χ0n) is 6.68. The van der Waals surface area contributed by atoms with E-state index in [-0.39, 0.29) is 6.71 Å². The van der Waals surface area contributed by atoms with Crippen molar-refractivity contribution in [1.29, 1.82) is 5.26 Å². The first-order valence-corrected chi connectivity index (χ1v) is 3.49. The summed E-state index contributed by atoms with van der Waals surface area (Å²) in [7, 11) is 0. The van der Waals surface area contributed by atoms with Crippen LogP contribution in [0.1, 0.15) is 27.7 Å². The Morgan fingerprint density at radius 2 is 1.44 bits per heavy atom. The minimum absolute atomic E-state index is 0.227. The molecular formula is C7H14BN. The standard InChI is InChI=1S/C7H14BN/c1-6(2)8(5-9)7(3)4/h6-7H,1-4H3. The van der Waals surface area contributed by atoms with Crippen LogP contribution >= 0.6 is 0 Å². The van der Waals surface area contributed by atoms with Crippen LogP contribution in [0.25, 0.3) is 0 Å². The highest BCUT2D eigenvalue weighted by Gasteiger charge is 2.21. The van der Waals surface area contributed by atoms with Gasteiger partial charge in [0.2, 0.25) is 0 Å². The van der Waals surface area contributed by atoms with Crippen LogP contribution < -0.4 is 0 Å². The molecule has 0 fully saturated rings. The van der Waals surface area contributed by atoms with Gasteiger partial charge in [0, 0.05) is 5.97 Å². The first kappa shape index (κ1) is 8.55. The van der Waals surface area contributed by atoms with Gasteiger partial charge in [0.15, 0.2) is 0 Å². The van der Waals surface area contributed by atoms with Gasteiger partial charge in [-0.2, -0.15) is 0 Å². The molecule has 0 saturated carbocycles. The first-order chi connectivity index (χ1) is 4.09. The predicted molar refractivity (Wildman–Crippen MR) is 41.6 cm³/mol. The second-order valence-electron chi connectivity index (χ2n) is 3.14. The largest absolute Gasteiger partial charge is 0.273 e. The van der Waals surface area contributed by atoms with Crippen molar-refractivity contribution in [1.82, 2.24) is 0 Å². The third-order valence-corrected chi connectivity index (χ3v) is 1.59. The molecule has 0 saturated heterocycles. The maximum Gasteiger partial charge on any atom is 0.273 e. The number of nitriles is 1. The zero-order valence-corrected chi connectivity index (χ0v) is 6.68. The molecule has 0 aromatic rings. The Morgan fingerprint density at radius 1 is 1.11 bits per heavy atom. The van der Waals surface area contributed by atoms with Gasteiger partial charge < -0.3 is 0 Å². The number of hydrogen-bond donors (Lipinski definition) is 0. The lowest BCUT2D eigenvalue weighted by Gasteiger charge is -2.11. The third kappa shape index (κ3) is 2.55. The van der Waals surface area contributed by atoms with Crippen molar-refractivity contribution >= 4 is 6.71 Å². The van der Waals surface area contributed by atoms with Gasteiger partial charge in [-0.05, 0) is 0 Å². The van der Waals surface area contributed by atoms with Gasteiger partial charge in [-0.25, -0.2) is 5.26 Å². The lowest BCUT2D eigenvalue weighted by Crippen LogP contribution is -2.18. The molecule has 0 spiro atoms. The van der Waals surface area contributed by atoms with Gasteiger partial charge in [0.05, 0.1) is 0 Å². The topological polar surface area (TPSA) is 23.8 Å². The average molecular weight is 123 g/mol. The molecule has 2 heteroatoms. The molecular weight excluding hydrogens is 109 g/mol. The van der Waals surface area contributed by atoms with E-state index in [9.17, 15) is 0 Å². The van der Waals surface area contributed by atoms with Gasteiger partial charge in [-0.3, -0.25) is 0 Å². The summed E-state index contributed by atoms with van der Waals surface area (Å²) in [4.78, 5) is 0. The van der Waals surface area contributed by atoms with Crippen LogP contribution in [0, 0.1) is 11.2 Å². The van der Waals surface area contributed by atoms with Gasteiger partial charge in [0.1, 0.15) is 0 Å². The van der Waals surface area contributed by atoms with E-state index in [1.54, 1.807) is 0 Å². The molecule has 0 rings (SSSR count). The van der Waals surface area contributed by atoms with E-state index in [4.69, 9.17) is 5.26 Å². The van der Waals surface area contributed by atoms with Crippen LogP contribution in [0.15, 0.2) is 0 Å². The summed E-state index contributed by atoms with van der Waals surface area (Å²) >= 11 is 0. The molecule has 0 N–H and O–H groups in total. The molecule has 0 aliphatic rings. The molecule has 0 radical (unpaired) electrons. The summed E-state index contributed by atoms with van der Waals surface area (Å²) in [6, 6.07) is 0. The number of rotatable bonds is 2. The van der Waals surface area contributed by atoms with Crippen LogP contribution in [-0.2, 0) is 0 Å². The van der Waals surface area contributed by atoms with Crippen molar-refractivity contribution in [3.63, 3.8) is 0 Å². The van der Waals surface area contributed by atoms with Gasteiger partial charge in [-0.15, -0.1) is 0 Å². The molecule has 0 aromatic carbocycles. The van der Waals surface area contributed by atoms with Crippen molar-refractivity contribution in [3.05, 3.63) is 0 Å². The van der Waals surface area contributed by atoms with E-state index in [1.165, 1.54) is 0 Å². The van der Waals surface area contributed by atoms with Crippen LogP contribution in [-0.4, -0.2) is 6.71 Å². The van der Waals surface area contributed by atoms with Crippen molar-refractivity contribution in [2.24, 2.45) is 0 Å². The maximum atomic E-state index is 8.62. The predicted octanol–water partition coefficient (Wildman–Crippen LogP) is 2.36. The van der Waals surface area contributed by atoms with Gasteiger partial charge in [-0.1, -0.05) is 39.3 Å². The third-order valence-electron chi connectivity index (χ3n) is 1.59. The van der Waals surface area contributed by atoms with E-state index < -0.39 is 0 Å². The van der Waals surface area contributed by atoms with Crippen LogP contribution in [0.2, 0.25) is 11.6 Å². The highest BCUT2D eigenvalue weighted by atomic mass is 14.2. The van der Waals surface area contributed by atoms with E-state index in [0.717, 1.165) is 0 Å². The summed E-state index contributed by atoms with van der Waals surface area (Å²) in [5, 5.41) is 8.62. The van der Waals surface area contributed by atoms with Crippen molar-refractivity contribution in [3.8, 4) is 5.97 Å². The summed E-state index contributed by atoms with van der Waals surface area (Å²) in [5.74, 6) is 3.29. The fourth-order valence-corrected chi connectivity index (χ4v) is 1.07. The number of nitrogens with zero attached hydrogens (tertiary/aromatic N) is 1. The van der Waals surface area contributed by atoms with E-state index in [0.29, 0.717) is 11.6 Å². The van der Waals surface area contributed by atoms with Gasteiger partial charge >= 0.3 is 0 Å². The minimum atomic E-state index is 0.227. The quantitative estimate of drug-likeness (QED) is 0.517. The Kier molecular flexibility index (Phi) is 3.38. The molecule has 0 heterocycles. The van der Waals surface area contributed by atoms with Crippen LogP contribution in [0.5, 0.6) is 0 Å². The summed E-state index contributed by atoms with van der Waals surface area (Å²) < 4.78 is 0. The molecule has 0 amide bonds. The molecule has 0 bridgehead atoms. The highest BCUT2D eigenvalue weighted by Crippen LogP contribution is 2.18. The van der Waals surface area contributed by atoms with Crippen molar-refractivity contribution in [2.75, 3.05) is 0 Å². The Balaban J connectivity index is 3.87. The smallest absolute Gasteiger partial charge is 0.213 e. The van der Waals surface area contributed by atoms with E-state index >= 15 is 0 Å². The van der Waals surface area contributed by atoms with Crippen molar-refractivity contribution < 1.29 is 0 Å². The lowest BCUT2D eigenvalue weighted by molar-refractivity contribution is 0.952. The summed E-state index contributed by atoms with van der Waals surface area (Å²) in [5.41, 5.74) is 0. The van der Waals surface area contributed by atoms with Crippen molar-refractivity contribution in [2.45, 2.75) is 39.3 Å². The fourth-order valence-electron chi connectivity index (χ4n) is 1.07. The molecule has 50 valence electrons. The summed E-state index contributed by atoms with van der Waals surface area (Å²) in [6.45, 7) is 8.59. The molecule has 9 heavy (non-hydrogen) atoms. The molecule has 0 aliphatic carbocycles. The monoisotopic (exact) mass is 123 g/mol. The minimum Gasteiger partial charge on any atom is -0.213 e. The highest BCUT2D eigenvalue weighted by molar-refractivity contribution is 6.69. The molecule has 0 atom stereocenters.